The molecule has 1 aromatic rings. The van der Waals surface area contributed by atoms with Gasteiger partial charge in [0, 0.05) is 12.6 Å². The molecular weight excluding hydrogens is 610 g/mol. The molecule has 1 saturated heterocycles. The third-order valence-corrected chi connectivity index (χ3v) is 11.7. The molecule has 2 aliphatic carbocycles. The maximum Gasteiger partial charge on any atom is 0.315 e. The molecule has 4 rings (SSSR count). The summed E-state index contributed by atoms with van der Waals surface area (Å²) < 4.78 is 26.2. The maximum atomic E-state index is 14.2. The first-order chi connectivity index (χ1) is 21.3. The van der Waals surface area contributed by atoms with Gasteiger partial charge in [0.2, 0.25) is 17.6 Å². The zero-order valence-electron chi connectivity index (χ0n) is 27.8. The summed E-state index contributed by atoms with van der Waals surface area (Å²) in [5.74, 6) is -3.40. The number of nitrogens with two attached hydrogens (primary N) is 1. The van der Waals surface area contributed by atoms with Crippen LogP contribution >= 0.6 is 0 Å². The van der Waals surface area contributed by atoms with Gasteiger partial charge in [0.05, 0.1) is 16.7 Å². The Labute approximate surface area is 271 Å². The summed E-state index contributed by atoms with van der Waals surface area (Å²) in [6.07, 6.45) is 2.12. The van der Waals surface area contributed by atoms with Crippen molar-refractivity contribution in [2.75, 3.05) is 12.3 Å². The first-order valence-electron chi connectivity index (χ1n) is 16.0. The molecule has 1 aromatic carbocycles. The minimum absolute atomic E-state index is 0.0453. The lowest BCUT2D eigenvalue weighted by Gasteiger charge is -2.38. The number of nitrogens with one attached hydrogen (secondary N) is 3. The largest absolute Gasteiger partial charge is 0.363 e. The number of likely N-dealkylation sites (tertiary alicyclic amines) is 1. The molecule has 5 amide bonds. The lowest BCUT2D eigenvalue weighted by atomic mass is 9.85. The van der Waals surface area contributed by atoms with Crippen molar-refractivity contribution in [1.82, 2.24) is 20.9 Å². The van der Waals surface area contributed by atoms with E-state index in [0.717, 1.165) is 12.8 Å². The van der Waals surface area contributed by atoms with E-state index in [0.29, 0.717) is 13.0 Å². The van der Waals surface area contributed by atoms with E-state index in [2.05, 4.69) is 16.0 Å². The number of benzene rings is 1. The molecule has 0 bridgehead atoms. The second kappa shape index (κ2) is 13.0. The van der Waals surface area contributed by atoms with Crippen LogP contribution < -0.4 is 21.7 Å². The van der Waals surface area contributed by atoms with Gasteiger partial charge in [-0.3, -0.25) is 19.2 Å². The zero-order chi connectivity index (χ0) is 34.4. The smallest absolute Gasteiger partial charge is 0.315 e. The number of amides is 5. The fourth-order valence-corrected chi connectivity index (χ4v) is 8.38. The van der Waals surface area contributed by atoms with E-state index in [1.807, 2.05) is 13.8 Å². The van der Waals surface area contributed by atoms with E-state index >= 15 is 0 Å². The lowest BCUT2D eigenvalue weighted by Crippen LogP contribution is -2.62. The summed E-state index contributed by atoms with van der Waals surface area (Å²) in [4.78, 5) is 67.4. The van der Waals surface area contributed by atoms with Gasteiger partial charge in [0.1, 0.15) is 12.1 Å². The Bertz CT molecular complexity index is 1470. The van der Waals surface area contributed by atoms with Gasteiger partial charge in [0.25, 0.3) is 5.91 Å². The van der Waals surface area contributed by atoms with Gasteiger partial charge in [-0.25, -0.2) is 13.2 Å². The minimum Gasteiger partial charge on any atom is -0.363 e. The molecule has 2 unspecified atom stereocenters. The zero-order valence-corrected chi connectivity index (χ0v) is 28.6. The van der Waals surface area contributed by atoms with Crippen molar-refractivity contribution in [3.05, 3.63) is 30.3 Å². The number of Topliss-reactive ketones (excluding diaryl/α,β-unsaturated/α-hetero) is 1. The third-order valence-electron chi connectivity index (χ3n) is 9.91. The fraction of sp³-hybridized carbons (Fsp3) is 0.667. The van der Waals surface area contributed by atoms with Crippen molar-refractivity contribution in [2.45, 2.75) is 96.8 Å². The number of primary amides is 1. The van der Waals surface area contributed by atoms with E-state index in [1.54, 1.807) is 52.8 Å². The van der Waals surface area contributed by atoms with Crippen LogP contribution in [0, 0.1) is 34.5 Å². The number of carbonyl (C=O) groups excluding carboxylic acids is 5. The molecule has 6 atom stereocenters. The predicted octanol–water partition coefficient (Wildman–Crippen LogP) is 2.02. The Morgan fingerprint density at radius 2 is 1.61 bits per heavy atom. The molecule has 13 heteroatoms. The number of fused-ring (bicyclic) bond motifs is 1. The van der Waals surface area contributed by atoms with Crippen molar-refractivity contribution in [3.63, 3.8) is 0 Å². The fourth-order valence-electron chi connectivity index (χ4n) is 6.68. The van der Waals surface area contributed by atoms with Gasteiger partial charge in [-0.05, 0) is 53.1 Å². The Hall–Kier alpha value is -3.48. The van der Waals surface area contributed by atoms with Crippen LogP contribution in [-0.2, 0) is 29.0 Å². The van der Waals surface area contributed by atoms with E-state index in [1.165, 1.54) is 17.0 Å². The van der Waals surface area contributed by atoms with Crippen LogP contribution in [0.1, 0.15) is 67.7 Å². The Morgan fingerprint density at radius 3 is 2.13 bits per heavy atom. The van der Waals surface area contributed by atoms with Crippen LogP contribution in [0.2, 0.25) is 0 Å². The van der Waals surface area contributed by atoms with Gasteiger partial charge in [-0.15, -0.1) is 0 Å². The predicted molar refractivity (Wildman–Crippen MR) is 172 cm³/mol. The second-order valence-corrected chi connectivity index (χ2v) is 17.3. The normalized spacial score (nSPS) is 23.9. The summed E-state index contributed by atoms with van der Waals surface area (Å²) in [6.45, 7) is 13.4. The summed E-state index contributed by atoms with van der Waals surface area (Å²) in [5, 5.41) is 8.29. The van der Waals surface area contributed by atoms with E-state index in [9.17, 15) is 32.4 Å². The number of ketones is 1. The first kappa shape index (κ1) is 35.4. The summed E-state index contributed by atoms with van der Waals surface area (Å²) in [5.41, 5.74) is 4.29. The molecule has 46 heavy (non-hydrogen) atoms. The van der Waals surface area contributed by atoms with Gasteiger partial charge >= 0.3 is 6.03 Å². The monoisotopic (exact) mass is 659 g/mol. The average molecular weight is 660 g/mol. The van der Waals surface area contributed by atoms with Crippen molar-refractivity contribution < 1.29 is 32.4 Å². The molecule has 2 saturated carbocycles. The first-order valence-corrected chi connectivity index (χ1v) is 17.7. The topological polar surface area (TPSA) is 185 Å². The molecule has 0 spiro atoms. The molecule has 254 valence electrons. The second-order valence-electron chi connectivity index (χ2n) is 15.2. The van der Waals surface area contributed by atoms with Crippen LogP contribution in [0.4, 0.5) is 4.79 Å². The molecule has 0 radical (unpaired) electrons. The molecule has 3 aliphatic rings. The molecule has 12 nitrogen and oxygen atoms in total. The van der Waals surface area contributed by atoms with Crippen molar-refractivity contribution in [3.8, 4) is 0 Å². The van der Waals surface area contributed by atoms with Crippen molar-refractivity contribution >= 4 is 39.4 Å². The highest BCUT2D eigenvalue weighted by molar-refractivity contribution is 7.91. The highest BCUT2D eigenvalue weighted by Gasteiger charge is 2.70. The molecular formula is C33H49N5O7S. The van der Waals surface area contributed by atoms with Gasteiger partial charge in [-0.2, -0.15) is 0 Å². The molecule has 1 aliphatic heterocycles. The van der Waals surface area contributed by atoms with Crippen LogP contribution in [0.5, 0.6) is 0 Å². The quantitative estimate of drug-likeness (QED) is 0.233. The van der Waals surface area contributed by atoms with Crippen LogP contribution in [-0.4, -0.2) is 79.3 Å². The Kier molecular flexibility index (Phi) is 9.97. The van der Waals surface area contributed by atoms with Gasteiger partial charge < -0.3 is 26.6 Å². The highest BCUT2D eigenvalue weighted by atomic mass is 32.2. The molecule has 1 heterocycles. The summed E-state index contributed by atoms with van der Waals surface area (Å²) >= 11 is 0. The number of sulfone groups is 1. The van der Waals surface area contributed by atoms with E-state index in [4.69, 9.17) is 5.73 Å². The number of nitrogens with zero attached hydrogens (tertiary/aromatic N) is 1. The number of urea groups is 1. The molecule has 5 N–H and O–H groups in total. The Morgan fingerprint density at radius 1 is 1.00 bits per heavy atom. The summed E-state index contributed by atoms with van der Waals surface area (Å²) in [6, 6.07) is 3.55. The van der Waals surface area contributed by atoms with Crippen LogP contribution in [0.15, 0.2) is 35.2 Å². The maximum absolute atomic E-state index is 14.2. The van der Waals surface area contributed by atoms with E-state index in [-0.39, 0.29) is 39.7 Å². The van der Waals surface area contributed by atoms with Gasteiger partial charge in [-0.1, -0.05) is 79.5 Å². The molecule has 3 fully saturated rings. The van der Waals surface area contributed by atoms with Gasteiger partial charge in [0.15, 0.2) is 9.84 Å². The van der Waals surface area contributed by atoms with Crippen LogP contribution in [0.3, 0.4) is 0 Å². The Balaban J connectivity index is 1.51. The third kappa shape index (κ3) is 7.72. The number of hydrogen-bond donors (Lipinski definition) is 4. The highest BCUT2D eigenvalue weighted by Crippen LogP contribution is 2.65. The van der Waals surface area contributed by atoms with E-state index < -0.39 is 69.0 Å². The number of carbonyl (C=O) groups is 5. The standard InChI is InChI=1S/C33H49N5O7S/c1-18(2)23(17-46(44,45)20-11-9-8-10-12-20)36-31(43)37-27(32(3,4)5)30(42)38-16-21-24(33(21,6)7)25(38)29(41)35-22(15-19-13-14-19)26(39)28(34)40/h8-12,18-19,21-25,27H,13-17H2,1-7H3,(H2,34,40)(H,35,41)(H2,36,37,43)/t21-,22?,23+,24?,25-,27+/m0/s1. The lowest BCUT2D eigenvalue weighted by molar-refractivity contribution is -0.145. The minimum atomic E-state index is -3.71. The van der Waals surface area contributed by atoms with Crippen molar-refractivity contribution in [1.29, 1.82) is 0 Å². The summed E-state index contributed by atoms with van der Waals surface area (Å²) in [7, 11) is -3.71. The molecule has 0 aromatic heterocycles. The average Bonchev–Trinajstić information content (AvgIpc) is 3.81. The number of rotatable bonds is 13. The van der Waals surface area contributed by atoms with Crippen molar-refractivity contribution in [2.24, 2.45) is 40.2 Å². The number of hydrogen-bond acceptors (Lipinski definition) is 7. The SMILES string of the molecule is CC(C)[C@@H](CS(=O)(=O)c1ccccc1)NC(=O)N[C@H](C(=O)N1C[C@H]2C([C@H]1C(=O)NC(CC1CC1)C(=O)C(N)=O)C2(C)C)C(C)(C)C. The number of piperidine rings is 1. The van der Waals surface area contributed by atoms with Crippen LogP contribution in [0.25, 0.3) is 0 Å².